The molecule has 1 aromatic carbocycles. The van der Waals surface area contributed by atoms with Crippen LogP contribution in [-0.2, 0) is 16.1 Å². The minimum atomic E-state index is -0.824. The van der Waals surface area contributed by atoms with E-state index in [9.17, 15) is 14.7 Å². The van der Waals surface area contributed by atoms with Gasteiger partial charge < -0.3 is 28.5 Å². The van der Waals surface area contributed by atoms with Gasteiger partial charge in [0.1, 0.15) is 36.5 Å². The van der Waals surface area contributed by atoms with Crippen LogP contribution in [0.3, 0.4) is 0 Å². The number of amides is 1. The number of imidazole rings is 1. The first-order chi connectivity index (χ1) is 16.0. The molecular formula is C24H23N3O6. The Morgan fingerprint density at radius 2 is 1.94 bits per heavy atom. The van der Waals surface area contributed by atoms with Crippen LogP contribution in [0, 0.1) is 6.92 Å². The Morgan fingerprint density at radius 1 is 1.12 bits per heavy atom. The number of nitrogens with zero attached hydrogens (tertiary/aromatic N) is 3. The van der Waals surface area contributed by atoms with Crippen molar-refractivity contribution < 1.29 is 28.6 Å². The van der Waals surface area contributed by atoms with Crippen molar-refractivity contribution in [3.8, 4) is 11.5 Å². The molecule has 170 valence electrons. The van der Waals surface area contributed by atoms with E-state index in [1.54, 1.807) is 49.8 Å². The van der Waals surface area contributed by atoms with E-state index in [1.165, 1.54) is 4.90 Å². The number of carbonyl (C=O) groups is 2. The number of fused-ring (bicyclic) bond motifs is 1. The zero-order valence-electron chi connectivity index (χ0n) is 18.1. The largest absolute Gasteiger partial charge is 0.507 e. The van der Waals surface area contributed by atoms with Gasteiger partial charge in [-0.2, -0.15) is 0 Å². The first kappa shape index (κ1) is 20.9. The first-order valence-corrected chi connectivity index (χ1v) is 10.7. The van der Waals surface area contributed by atoms with Crippen LogP contribution in [0.15, 0.2) is 59.0 Å². The molecular weight excluding hydrogens is 426 g/mol. The van der Waals surface area contributed by atoms with E-state index in [0.29, 0.717) is 61.3 Å². The number of hydrogen-bond acceptors (Lipinski definition) is 7. The fourth-order valence-electron chi connectivity index (χ4n) is 4.20. The normalized spacial score (nSPS) is 19.3. The van der Waals surface area contributed by atoms with E-state index in [2.05, 4.69) is 4.98 Å². The molecule has 1 fully saturated rings. The Balaban J connectivity index is 1.51. The molecule has 0 unspecified atom stereocenters. The fourth-order valence-corrected chi connectivity index (χ4v) is 4.20. The van der Waals surface area contributed by atoms with Crippen molar-refractivity contribution in [2.75, 3.05) is 19.8 Å². The molecule has 9 nitrogen and oxygen atoms in total. The molecule has 1 N–H and O–H groups in total. The van der Waals surface area contributed by atoms with Gasteiger partial charge in [0, 0.05) is 31.0 Å². The van der Waals surface area contributed by atoms with Gasteiger partial charge in [-0.05, 0) is 43.7 Å². The van der Waals surface area contributed by atoms with E-state index in [0.717, 1.165) is 0 Å². The molecule has 0 radical (unpaired) electrons. The number of hydrogen-bond donors (Lipinski definition) is 1. The van der Waals surface area contributed by atoms with Crippen molar-refractivity contribution in [3.05, 3.63) is 71.7 Å². The number of Topliss-reactive ketones (excluding diaryl/α,β-unsaturated/α-hetero) is 1. The zero-order valence-corrected chi connectivity index (χ0v) is 18.1. The first-order valence-electron chi connectivity index (χ1n) is 10.7. The summed E-state index contributed by atoms with van der Waals surface area (Å²) in [6.45, 7) is 3.57. The van der Waals surface area contributed by atoms with Crippen molar-refractivity contribution in [3.63, 3.8) is 0 Å². The third kappa shape index (κ3) is 3.86. The average molecular weight is 449 g/mol. The molecule has 0 saturated carbocycles. The average Bonchev–Trinajstić information content (AvgIpc) is 3.55. The molecule has 4 heterocycles. The number of aliphatic hydroxyl groups excluding tert-OH is 1. The van der Waals surface area contributed by atoms with Crippen LogP contribution in [0.25, 0.3) is 5.76 Å². The van der Waals surface area contributed by atoms with Gasteiger partial charge in [-0.25, -0.2) is 4.98 Å². The summed E-state index contributed by atoms with van der Waals surface area (Å²) in [5, 5.41) is 11.2. The highest BCUT2D eigenvalue weighted by Crippen LogP contribution is 2.41. The number of furan rings is 1. The summed E-state index contributed by atoms with van der Waals surface area (Å²) in [5.74, 6) is 0.423. The Bertz CT molecular complexity index is 1230. The van der Waals surface area contributed by atoms with Crippen molar-refractivity contribution in [2.45, 2.75) is 25.9 Å². The van der Waals surface area contributed by atoms with Crippen LogP contribution >= 0.6 is 0 Å². The maximum atomic E-state index is 13.1. The molecule has 0 bridgehead atoms. The second-order valence-corrected chi connectivity index (χ2v) is 7.95. The summed E-state index contributed by atoms with van der Waals surface area (Å²) in [4.78, 5) is 31.5. The number of likely N-dealkylation sites (tertiary alicyclic amines) is 1. The van der Waals surface area contributed by atoms with Crippen LogP contribution in [0.4, 0.5) is 0 Å². The molecule has 0 aliphatic carbocycles. The molecule has 1 saturated heterocycles. The standard InChI is InChI=1S/C24H23N3O6/c1-15-3-5-18(33-15)21-20(22(28)16-4-6-17-19(13-16)32-12-11-31-17)23(29)24(30)27(21)9-2-8-26-10-7-25-14-26/h3-7,10,13-14,21,28H,2,8-9,11-12H2,1H3/b22-20+/t21-/m1/s1. The maximum Gasteiger partial charge on any atom is 0.295 e. The van der Waals surface area contributed by atoms with E-state index in [4.69, 9.17) is 13.9 Å². The topological polar surface area (TPSA) is 107 Å². The highest BCUT2D eigenvalue weighted by atomic mass is 16.6. The number of aliphatic hydroxyl groups is 1. The highest BCUT2D eigenvalue weighted by molar-refractivity contribution is 6.46. The quantitative estimate of drug-likeness (QED) is 0.350. The van der Waals surface area contributed by atoms with Crippen molar-refractivity contribution in [2.24, 2.45) is 0 Å². The van der Waals surface area contributed by atoms with Crippen LogP contribution in [0.1, 0.15) is 29.5 Å². The maximum absolute atomic E-state index is 13.1. The molecule has 1 amide bonds. The van der Waals surface area contributed by atoms with Crippen LogP contribution < -0.4 is 9.47 Å². The van der Waals surface area contributed by atoms with Gasteiger partial charge in [-0.3, -0.25) is 9.59 Å². The van der Waals surface area contributed by atoms with E-state index in [-0.39, 0.29) is 11.3 Å². The van der Waals surface area contributed by atoms with E-state index in [1.807, 2.05) is 10.8 Å². The van der Waals surface area contributed by atoms with Gasteiger partial charge in [-0.1, -0.05) is 0 Å². The Hall–Kier alpha value is -4.01. The van der Waals surface area contributed by atoms with Gasteiger partial charge >= 0.3 is 0 Å². The van der Waals surface area contributed by atoms with Crippen molar-refractivity contribution >= 4 is 17.4 Å². The summed E-state index contributed by atoms with van der Waals surface area (Å²) in [5.41, 5.74) is 0.359. The summed E-state index contributed by atoms with van der Waals surface area (Å²) in [6, 6.07) is 7.60. The summed E-state index contributed by atoms with van der Waals surface area (Å²) >= 11 is 0. The van der Waals surface area contributed by atoms with Crippen molar-refractivity contribution in [1.29, 1.82) is 0 Å². The monoisotopic (exact) mass is 449 g/mol. The zero-order chi connectivity index (χ0) is 22.9. The number of aryl methyl sites for hydroxylation is 2. The second-order valence-electron chi connectivity index (χ2n) is 7.95. The summed E-state index contributed by atoms with van der Waals surface area (Å²) < 4.78 is 18.8. The number of aromatic nitrogens is 2. The molecule has 2 aliphatic heterocycles. The third-order valence-corrected chi connectivity index (χ3v) is 5.76. The SMILES string of the molecule is Cc1ccc([C@@H]2/C(=C(\O)c3ccc4c(c3)OCCO4)C(=O)C(=O)N2CCCn2ccnc2)o1. The highest BCUT2D eigenvalue weighted by Gasteiger charge is 2.47. The molecule has 3 aromatic rings. The minimum absolute atomic E-state index is 0.00587. The smallest absolute Gasteiger partial charge is 0.295 e. The van der Waals surface area contributed by atoms with Crippen LogP contribution in [0.2, 0.25) is 0 Å². The lowest BCUT2D eigenvalue weighted by atomic mass is 9.99. The number of benzene rings is 1. The molecule has 9 heteroatoms. The van der Waals surface area contributed by atoms with Gasteiger partial charge in [-0.15, -0.1) is 0 Å². The van der Waals surface area contributed by atoms with Crippen LogP contribution in [-0.4, -0.2) is 51.0 Å². The molecule has 2 aliphatic rings. The van der Waals surface area contributed by atoms with Crippen molar-refractivity contribution in [1.82, 2.24) is 14.5 Å². The second kappa shape index (κ2) is 8.50. The van der Waals surface area contributed by atoms with Gasteiger partial charge in [0.25, 0.3) is 11.7 Å². The third-order valence-electron chi connectivity index (χ3n) is 5.76. The molecule has 5 rings (SSSR count). The number of ketones is 1. The van der Waals surface area contributed by atoms with E-state index >= 15 is 0 Å². The van der Waals surface area contributed by atoms with Gasteiger partial charge in [0.2, 0.25) is 0 Å². The lowest BCUT2D eigenvalue weighted by molar-refractivity contribution is -0.140. The van der Waals surface area contributed by atoms with Crippen LogP contribution in [0.5, 0.6) is 11.5 Å². The minimum Gasteiger partial charge on any atom is -0.507 e. The Kier molecular flexibility index (Phi) is 5.37. The fraction of sp³-hybridized carbons (Fsp3) is 0.292. The predicted molar refractivity (Wildman–Crippen MR) is 117 cm³/mol. The Labute approximate surface area is 189 Å². The molecule has 1 atom stereocenters. The summed E-state index contributed by atoms with van der Waals surface area (Å²) in [7, 11) is 0. The van der Waals surface area contributed by atoms with E-state index < -0.39 is 17.7 Å². The van der Waals surface area contributed by atoms with Gasteiger partial charge in [0.05, 0.1) is 11.9 Å². The number of carbonyl (C=O) groups excluding carboxylic acids is 2. The molecule has 0 spiro atoms. The number of ether oxygens (including phenoxy) is 2. The summed E-state index contributed by atoms with van der Waals surface area (Å²) in [6.07, 6.45) is 5.82. The van der Waals surface area contributed by atoms with Gasteiger partial charge in [0.15, 0.2) is 11.5 Å². The Morgan fingerprint density at radius 3 is 2.67 bits per heavy atom. The predicted octanol–water partition coefficient (Wildman–Crippen LogP) is 3.07. The lowest BCUT2D eigenvalue weighted by Crippen LogP contribution is -2.31. The lowest BCUT2D eigenvalue weighted by Gasteiger charge is -2.23. The molecule has 2 aromatic heterocycles. The number of rotatable bonds is 6. The molecule has 33 heavy (non-hydrogen) atoms.